The van der Waals surface area contributed by atoms with Crippen molar-refractivity contribution in [1.82, 2.24) is 0 Å². The number of hydrogen-bond donors (Lipinski definition) is 4. The van der Waals surface area contributed by atoms with Gasteiger partial charge in [0.2, 0.25) is 0 Å². The van der Waals surface area contributed by atoms with Crippen LogP contribution in [0.3, 0.4) is 0 Å². The highest BCUT2D eigenvalue weighted by Gasteiger charge is 2.15. The highest BCUT2D eigenvalue weighted by molar-refractivity contribution is 6.34. The molecule has 0 saturated carbocycles. The van der Waals surface area contributed by atoms with Crippen LogP contribution in [0.25, 0.3) is 0 Å². The number of carbonyl (C=O) groups is 1. The molecule has 0 fully saturated rings. The molecule has 5 N–H and O–H groups in total. The van der Waals surface area contributed by atoms with Gasteiger partial charge in [0.25, 0.3) is 11.6 Å². The molecule has 128 valence electrons. The fourth-order valence-electron chi connectivity index (χ4n) is 1.60. The van der Waals surface area contributed by atoms with E-state index in [0.29, 0.717) is 0 Å². The molecule has 0 aliphatic carbocycles. The number of phenols is 1. The van der Waals surface area contributed by atoms with E-state index >= 15 is 0 Å². The molecule has 8 nitrogen and oxygen atoms in total. The molecule has 0 heterocycles. The van der Waals surface area contributed by atoms with E-state index in [4.69, 9.17) is 28.3 Å². The van der Waals surface area contributed by atoms with Gasteiger partial charge < -0.3 is 21.3 Å². The summed E-state index contributed by atoms with van der Waals surface area (Å²) in [5.41, 5.74) is 4.37. The monoisotopic (exact) mass is 373 g/mol. The van der Waals surface area contributed by atoms with Gasteiger partial charge in [0.1, 0.15) is 5.75 Å². The number of aliphatic hydroxyl groups excluding tert-OH is 1. The number of aliphatic hydroxyl groups is 1. The van der Waals surface area contributed by atoms with Crippen LogP contribution in [0.1, 0.15) is 10.4 Å². The van der Waals surface area contributed by atoms with Crippen LogP contribution in [0.2, 0.25) is 10.0 Å². The second-order valence-electron chi connectivity index (χ2n) is 4.22. The zero-order valence-electron chi connectivity index (χ0n) is 12.1. The van der Waals surface area contributed by atoms with Gasteiger partial charge in [0, 0.05) is 17.2 Å². The second kappa shape index (κ2) is 9.04. The number of nitrogens with zero attached hydrogens (tertiary/aromatic N) is 1. The molecule has 24 heavy (non-hydrogen) atoms. The van der Waals surface area contributed by atoms with Crippen molar-refractivity contribution in [2.45, 2.75) is 0 Å². The lowest BCUT2D eigenvalue weighted by Gasteiger charge is -2.08. The van der Waals surface area contributed by atoms with Gasteiger partial charge in [-0.25, -0.2) is 0 Å². The van der Waals surface area contributed by atoms with Gasteiger partial charge in [-0.05, 0) is 24.3 Å². The van der Waals surface area contributed by atoms with Crippen molar-refractivity contribution in [3.63, 3.8) is 0 Å². The zero-order valence-corrected chi connectivity index (χ0v) is 13.6. The first-order valence-electron chi connectivity index (χ1n) is 6.34. The number of halogens is 2. The molecule has 1 amide bonds. The molecule has 0 saturated heterocycles. The predicted molar refractivity (Wildman–Crippen MR) is 90.4 cm³/mol. The molecule has 10 heteroatoms. The second-order valence-corrected chi connectivity index (χ2v) is 5.06. The fraction of sp³-hybridized carbons (Fsp3) is 0.0714. The van der Waals surface area contributed by atoms with Crippen molar-refractivity contribution in [1.29, 1.82) is 0 Å². The third-order valence-electron chi connectivity index (χ3n) is 2.61. The standard InChI is InChI=1S/C13H8Cl2N2O4.CH5NO/c14-7-1-4-12(18)9(5-7)13(19)16-11-3-2-8(17(20)21)6-10(11)15;2-1-3/h1-6,18H,(H,16,19);3H,1-2H2. The van der Waals surface area contributed by atoms with Gasteiger partial charge in [0.15, 0.2) is 0 Å². The van der Waals surface area contributed by atoms with Gasteiger partial charge >= 0.3 is 0 Å². The van der Waals surface area contributed by atoms with Crippen molar-refractivity contribution >= 4 is 40.5 Å². The van der Waals surface area contributed by atoms with Crippen LogP contribution in [0, 0.1) is 10.1 Å². The number of nitrogens with two attached hydrogens (primary N) is 1. The molecular formula is C14H13Cl2N3O5. The van der Waals surface area contributed by atoms with Crippen LogP contribution in [-0.2, 0) is 0 Å². The maximum atomic E-state index is 12.0. The van der Waals surface area contributed by atoms with Gasteiger partial charge in [-0.15, -0.1) is 0 Å². The van der Waals surface area contributed by atoms with E-state index in [0.717, 1.165) is 6.07 Å². The molecule has 0 aliphatic heterocycles. The number of nitrogens with one attached hydrogen (secondary N) is 1. The van der Waals surface area contributed by atoms with E-state index in [1.54, 1.807) is 0 Å². The summed E-state index contributed by atoms with van der Waals surface area (Å²) in [6, 6.07) is 7.65. The molecule has 2 aromatic carbocycles. The summed E-state index contributed by atoms with van der Waals surface area (Å²) in [5.74, 6) is -0.874. The average molecular weight is 374 g/mol. The molecule has 0 bridgehead atoms. The first-order valence-corrected chi connectivity index (χ1v) is 7.10. The minimum Gasteiger partial charge on any atom is -0.507 e. The maximum absolute atomic E-state index is 12.0. The SMILES string of the molecule is NCO.O=C(Nc1ccc([N+](=O)[O-])cc1Cl)c1cc(Cl)ccc1O. The summed E-state index contributed by atoms with van der Waals surface area (Å²) >= 11 is 11.6. The van der Waals surface area contributed by atoms with E-state index in [9.17, 15) is 20.0 Å². The lowest BCUT2D eigenvalue weighted by molar-refractivity contribution is -0.384. The van der Waals surface area contributed by atoms with Crippen LogP contribution < -0.4 is 11.1 Å². The number of hydrogen-bond acceptors (Lipinski definition) is 6. The summed E-state index contributed by atoms with van der Waals surface area (Å²) in [7, 11) is 0. The molecule has 0 aliphatic rings. The Morgan fingerprint density at radius 2 is 1.88 bits per heavy atom. The Balaban J connectivity index is 0.000000891. The van der Waals surface area contributed by atoms with Gasteiger partial charge in [-0.3, -0.25) is 14.9 Å². The number of benzene rings is 2. The first-order chi connectivity index (χ1) is 11.3. The Morgan fingerprint density at radius 1 is 1.25 bits per heavy atom. The third-order valence-corrected chi connectivity index (χ3v) is 3.16. The number of rotatable bonds is 3. The molecule has 0 unspecified atom stereocenters. The summed E-state index contributed by atoms with van der Waals surface area (Å²) < 4.78 is 0. The van der Waals surface area contributed by atoms with E-state index in [1.807, 2.05) is 0 Å². The quantitative estimate of drug-likeness (QED) is 0.370. The lowest BCUT2D eigenvalue weighted by Crippen LogP contribution is -2.12. The predicted octanol–water partition coefficient (Wildman–Crippen LogP) is 2.75. The van der Waals surface area contributed by atoms with Gasteiger partial charge in [-0.2, -0.15) is 0 Å². The maximum Gasteiger partial charge on any atom is 0.271 e. The van der Waals surface area contributed by atoms with Crippen LogP contribution >= 0.6 is 23.2 Å². The number of carbonyl (C=O) groups excluding carboxylic acids is 1. The number of nitro benzene ring substituents is 1. The molecule has 2 aromatic rings. The third kappa shape index (κ3) is 5.36. The molecule has 0 spiro atoms. The lowest BCUT2D eigenvalue weighted by atomic mass is 10.2. The summed E-state index contributed by atoms with van der Waals surface area (Å²) in [6.07, 6.45) is 0. The van der Waals surface area contributed by atoms with Crippen LogP contribution in [0.5, 0.6) is 5.75 Å². The number of nitro groups is 1. The molecule has 0 atom stereocenters. The Kier molecular flexibility index (Phi) is 7.40. The zero-order chi connectivity index (χ0) is 18.3. The highest BCUT2D eigenvalue weighted by Crippen LogP contribution is 2.28. The van der Waals surface area contributed by atoms with Crippen LogP contribution in [0.4, 0.5) is 11.4 Å². The molecule has 2 rings (SSSR count). The Bertz CT molecular complexity index is 755. The van der Waals surface area contributed by atoms with Crippen molar-refractivity contribution < 1.29 is 19.9 Å². The number of non-ortho nitro benzene ring substituents is 1. The number of aromatic hydroxyl groups is 1. The van der Waals surface area contributed by atoms with Crippen LogP contribution in [0.15, 0.2) is 36.4 Å². The first kappa shape index (κ1) is 19.7. The minimum atomic E-state index is -0.634. The van der Waals surface area contributed by atoms with Gasteiger partial charge in [-0.1, -0.05) is 23.2 Å². The summed E-state index contributed by atoms with van der Waals surface area (Å²) in [4.78, 5) is 22.0. The highest BCUT2D eigenvalue weighted by atomic mass is 35.5. The summed E-state index contributed by atoms with van der Waals surface area (Å²) in [6.45, 7) is -0.250. The molecule has 0 radical (unpaired) electrons. The summed E-state index contributed by atoms with van der Waals surface area (Å²) in [5, 5.41) is 30.3. The van der Waals surface area contributed by atoms with E-state index < -0.39 is 10.8 Å². The Hall–Kier alpha value is -2.39. The fourth-order valence-corrected chi connectivity index (χ4v) is 1.99. The van der Waals surface area contributed by atoms with Crippen molar-refractivity contribution in [3.05, 3.63) is 62.1 Å². The van der Waals surface area contributed by atoms with E-state index in [-0.39, 0.29) is 39.5 Å². The van der Waals surface area contributed by atoms with E-state index in [2.05, 4.69) is 11.1 Å². The normalized spacial score (nSPS) is 9.67. The largest absolute Gasteiger partial charge is 0.507 e. The Labute approximate surface area is 146 Å². The van der Waals surface area contributed by atoms with Crippen LogP contribution in [-0.4, -0.2) is 27.8 Å². The number of amides is 1. The topological polar surface area (TPSA) is 139 Å². The molecule has 0 aromatic heterocycles. The molecular weight excluding hydrogens is 361 g/mol. The van der Waals surface area contributed by atoms with Crippen molar-refractivity contribution in [3.8, 4) is 5.75 Å². The smallest absolute Gasteiger partial charge is 0.271 e. The van der Waals surface area contributed by atoms with Gasteiger partial charge in [0.05, 0.1) is 27.9 Å². The van der Waals surface area contributed by atoms with Crippen molar-refractivity contribution in [2.24, 2.45) is 5.73 Å². The number of phenolic OH excluding ortho intramolecular Hbond substituents is 1. The van der Waals surface area contributed by atoms with E-state index in [1.165, 1.54) is 30.3 Å². The average Bonchev–Trinajstić information content (AvgIpc) is 2.52. The Morgan fingerprint density at radius 3 is 2.42 bits per heavy atom. The number of anilines is 1. The van der Waals surface area contributed by atoms with Crippen molar-refractivity contribution in [2.75, 3.05) is 12.0 Å². The minimum absolute atomic E-state index is 0.0130.